The van der Waals surface area contributed by atoms with Crippen molar-refractivity contribution >= 4 is 11.6 Å². The Labute approximate surface area is 148 Å². The number of aromatic nitrogens is 3. The molecule has 0 bridgehead atoms. The van der Waals surface area contributed by atoms with Crippen LogP contribution in [0.1, 0.15) is 48.1 Å². The van der Waals surface area contributed by atoms with E-state index in [1.54, 1.807) is 10.7 Å². The Balaban J connectivity index is 2.15. The number of fused-ring (bicyclic) bond motifs is 1. The number of amides is 1. The molecule has 5 nitrogen and oxygen atoms in total. The van der Waals surface area contributed by atoms with E-state index in [1.165, 1.54) is 5.56 Å². The van der Waals surface area contributed by atoms with Crippen LogP contribution < -0.4 is 5.32 Å². The average Bonchev–Trinajstić information content (AvgIpc) is 2.83. The van der Waals surface area contributed by atoms with Crippen molar-refractivity contribution < 1.29 is 4.79 Å². The Morgan fingerprint density at radius 3 is 2.52 bits per heavy atom. The molecule has 5 heteroatoms. The molecule has 1 aromatic carbocycles. The molecule has 0 atom stereocenters. The largest absolute Gasteiger partial charge is 0.347 e. The summed E-state index contributed by atoms with van der Waals surface area (Å²) in [4.78, 5) is 17.1. The van der Waals surface area contributed by atoms with Crippen LogP contribution in [0.2, 0.25) is 0 Å². The molecule has 0 aliphatic rings. The Morgan fingerprint density at radius 2 is 1.88 bits per heavy atom. The van der Waals surface area contributed by atoms with Gasteiger partial charge in [-0.15, -0.1) is 0 Å². The van der Waals surface area contributed by atoms with Crippen molar-refractivity contribution in [3.8, 4) is 11.1 Å². The van der Waals surface area contributed by atoms with E-state index in [4.69, 9.17) is 0 Å². The Kier molecular flexibility index (Phi) is 4.11. The van der Waals surface area contributed by atoms with Crippen LogP contribution in [0.3, 0.4) is 0 Å². The second-order valence-electron chi connectivity index (χ2n) is 7.53. The van der Waals surface area contributed by atoms with E-state index in [1.807, 2.05) is 40.7 Å². The molecule has 0 aliphatic carbocycles. The molecule has 25 heavy (non-hydrogen) atoms. The predicted molar refractivity (Wildman–Crippen MR) is 99.9 cm³/mol. The third kappa shape index (κ3) is 3.27. The van der Waals surface area contributed by atoms with Gasteiger partial charge in [0, 0.05) is 17.3 Å². The third-order valence-electron chi connectivity index (χ3n) is 4.10. The smallest absolute Gasteiger partial charge is 0.255 e. The van der Waals surface area contributed by atoms with Gasteiger partial charge in [-0.1, -0.05) is 29.8 Å². The van der Waals surface area contributed by atoms with E-state index in [9.17, 15) is 4.79 Å². The van der Waals surface area contributed by atoms with Gasteiger partial charge >= 0.3 is 0 Å². The summed E-state index contributed by atoms with van der Waals surface area (Å²) in [6.45, 7) is 11.8. The Hall–Kier alpha value is -2.69. The van der Waals surface area contributed by atoms with E-state index >= 15 is 0 Å². The highest BCUT2D eigenvalue weighted by Gasteiger charge is 2.21. The maximum atomic E-state index is 12.5. The van der Waals surface area contributed by atoms with Gasteiger partial charge < -0.3 is 5.32 Å². The maximum absolute atomic E-state index is 12.5. The lowest BCUT2D eigenvalue weighted by Gasteiger charge is -2.21. The summed E-state index contributed by atoms with van der Waals surface area (Å²) in [7, 11) is 0. The zero-order valence-electron chi connectivity index (χ0n) is 15.6. The minimum atomic E-state index is -0.300. The predicted octanol–water partition coefficient (Wildman–Crippen LogP) is 3.85. The molecule has 3 aromatic rings. The molecule has 1 N–H and O–H groups in total. The molecule has 0 aliphatic heterocycles. The lowest BCUT2D eigenvalue weighted by atomic mass is 10.0. The first kappa shape index (κ1) is 17.1. The number of rotatable bonds is 2. The van der Waals surface area contributed by atoms with E-state index in [0.717, 1.165) is 28.2 Å². The fraction of sp³-hybridized carbons (Fsp3) is 0.350. The van der Waals surface area contributed by atoms with Gasteiger partial charge in [-0.25, -0.2) is 9.50 Å². The number of nitrogens with zero attached hydrogens (tertiary/aromatic N) is 3. The number of benzene rings is 1. The van der Waals surface area contributed by atoms with Crippen molar-refractivity contribution in [2.24, 2.45) is 0 Å². The van der Waals surface area contributed by atoms with Crippen molar-refractivity contribution in [2.45, 2.75) is 47.1 Å². The number of hydrogen-bond acceptors (Lipinski definition) is 3. The monoisotopic (exact) mass is 336 g/mol. The number of aryl methyl sites for hydroxylation is 3. The third-order valence-corrected chi connectivity index (χ3v) is 4.10. The first-order valence-corrected chi connectivity index (χ1v) is 8.42. The minimum Gasteiger partial charge on any atom is -0.347 e. The first-order valence-electron chi connectivity index (χ1n) is 8.42. The molecule has 0 fully saturated rings. The summed E-state index contributed by atoms with van der Waals surface area (Å²) < 4.78 is 1.77. The number of carbonyl (C=O) groups excluding carboxylic acids is 1. The lowest BCUT2D eigenvalue weighted by molar-refractivity contribution is 0.0918. The van der Waals surface area contributed by atoms with Gasteiger partial charge in [0.05, 0.1) is 17.0 Å². The number of hydrogen-bond donors (Lipinski definition) is 1. The van der Waals surface area contributed by atoms with Gasteiger partial charge in [-0.2, -0.15) is 5.10 Å². The molecular formula is C20H24N4O. The highest BCUT2D eigenvalue weighted by atomic mass is 16.1. The van der Waals surface area contributed by atoms with E-state index in [2.05, 4.69) is 40.5 Å². The van der Waals surface area contributed by atoms with E-state index in [-0.39, 0.29) is 11.4 Å². The molecule has 0 unspecified atom stereocenters. The van der Waals surface area contributed by atoms with Gasteiger partial charge in [0.1, 0.15) is 0 Å². The average molecular weight is 336 g/mol. The molecule has 0 radical (unpaired) electrons. The fourth-order valence-electron chi connectivity index (χ4n) is 2.97. The second kappa shape index (κ2) is 5.99. The summed E-state index contributed by atoms with van der Waals surface area (Å²) >= 11 is 0. The van der Waals surface area contributed by atoms with Crippen molar-refractivity contribution in [1.29, 1.82) is 0 Å². The Morgan fingerprint density at radius 1 is 1.16 bits per heavy atom. The van der Waals surface area contributed by atoms with Gasteiger partial charge in [0.25, 0.3) is 5.91 Å². The zero-order chi connectivity index (χ0) is 18.4. The maximum Gasteiger partial charge on any atom is 0.255 e. The summed E-state index contributed by atoms with van der Waals surface area (Å²) in [6, 6.07) is 8.29. The normalized spacial score (nSPS) is 11.8. The molecule has 0 saturated carbocycles. The minimum absolute atomic E-state index is 0.135. The van der Waals surface area contributed by atoms with Gasteiger partial charge in [0.15, 0.2) is 5.65 Å². The van der Waals surface area contributed by atoms with Crippen molar-refractivity contribution in [1.82, 2.24) is 19.9 Å². The summed E-state index contributed by atoms with van der Waals surface area (Å²) in [5, 5.41) is 7.61. The van der Waals surface area contributed by atoms with Crippen LogP contribution in [0, 0.1) is 20.8 Å². The van der Waals surface area contributed by atoms with E-state index < -0.39 is 0 Å². The molecule has 130 valence electrons. The van der Waals surface area contributed by atoms with Crippen LogP contribution in [0.4, 0.5) is 0 Å². The van der Waals surface area contributed by atoms with Gasteiger partial charge in [0.2, 0.25) is 0 Å². The second-order valence-corrected chi connectivity index (χ2v) is 7.53. The summed E-state index contributed by atoms with van der Waals surface area (Å²) in [6.07, 6.45) is 1.64. The van der Waals surface area contributed by atoms with Crippen molar-refractivity contribution in [3.63, 3.8) is 0 Å². The molecule has 3 rings (SSSR count). The molecule has 0 spiro atoms. The highest BCUT2D eigenvalue weighted by molar-refractivity contribution is 5.96. The van der Waals surface area contributed by atoms with Crippen LogP contribution in [0.25, 0.3) is 16.8 Å². The van der Waals surface area contributed by atoms with Crippen LogP contribution in [-0.2, 0) is 0 Å². The van der Waals surface area contributed by atoms with Gasteiger partial charge in [-0.05, 0) is 47.1 Å². The molecule has 0 saturated heterocycles. The summed E-state index contributed by atoms with van der Waals surface area (Å²) in [5.41, 5.74) is 5.98. The first-order chi connectivity index (χ1) is 11.7. The van der Waals surface area contributed by atoms with Crippen LogP contribution in [-0.4, -0.2) is 26.0 Å². The number of carbonyl (C=O) groups is 1. The highest BCUT2D eigenvalue weighted by Crippen LogP contribution is 2.28. The van der Waals surface area contributed by atoms with Gasteiger partial charge in [-0.3, -0.25) is 4.79 Å². The Bertz CT molecular complexity index is 964. The molecular weight excluding hydrogens is 312 g/mol. The lowest BCUT2D eigenvalue weighted by Crippen LogP contribution is -2.41. The zero-order valence-corrected chi connectivity index (χ0v) is 15.6. The van der Waals surface area contributed by atoms with E-state index in [0.29, 0.717) is 5.56 Å². The van der Waals surface area contributed by atoms with Crippen LogP contribution >= 0.6 is 0 Å². The summed E-state index contributed by atoms with van der Waals surface area (Å²) in [5.74, 6) is -0.135. The molecule has 2 aromatic heterocycles. The quantitative estimate of drug-likeness (QED) is 0.773. The van der Waals surface area contributed by atoms with Crippen LogP contribution in [0.15, 0.2) is 30.5 Å². The SMILES string of the molecule is Cc1cccc(-c2c(C)nn3c(C)c(C(=O)NC(C)(C)C)cnc23)c1. The number of nitrogens with one attached hydrogen (secondary N) is 1. The molecule has 1 amide bonds. The van der Waals surface area contributed by atoms with Crippen molar-refractivity contribution in [2.75, 3.05) is 0 Å². The topological polar surface area (TPSA) is 59.3 Å². The molecule has 2 heterocycles. The van der Waals surface area contributed by atoms with Crippen LogP contribution in [0.5, 0.6) is 0 Å². The fourth-order valence-corrected chi connectivity index (χ4v) is 2.97. The van der Waals surface area contributed by atoms with Crippen molar-refractivity contribution in [3.05, 3.63) is 53.0 Å². The standard InChI is InChI=1S/C20H24N4O/c1-12-8-7-9-15(10-12)17-13(2)23-24-14(3)16(11-21-18(17)24)19(25)22-20(4,5)6/h7-11H,1-6H3,(H,22,25).